The van der Waals surface area contributed by atoms with Crippen molar-refractivity contribution in [3.63, 3.8) is 0 Å². The van der Waals surface area contributed by atoms with Crippen molar-refractivity contribution in [1.29, 1.82) is 0 Å². The lowest BCUT2D eigenvalue weighted by atomic mass is 10.1. The highest BCUT2D eigenvalue weighted by atomic mass is 16.2. The second kappa shape index (κ2) is 4.03. The first-order chi connectivity index (χ1) is 8.74. The van der Waals surface area contributed by atoms with Gasteiger partial charge in [0.1, 0.15) is 12.0 Å². The first-order valence-electron chi connectivity index (χ1n) is 5.62. The van der Waals surface area contributed by atoms with Crippen molar-refractivity contribution in [3.05, 3.63) is 53.7 Å². The van der Waals surface area contributed by atoms with Crippen LogP contribution in [0.1, 0.15) is 22.1 Å². The monoisotopic (exact) mass is 240 g/mol. The largest absolute Gasteiger partial charge is 0.397 e. The van der Waals surface area contributed by atoms with E-state index in [9.17, 15) is 4.79 Å². The first-order valence-corrected chi connectivity index (χ1v) is 5.62. The molecule has 2 heterocycles. The SMILES string of the molecule is Nc1cnc2c(c1)C(=O)NC(c1ccccc1)N2. The molecule has 1 aromatic carbocycles. The minimum Gasteiger partial charge on any atom is -0.397 e. The lowest BCUT2D eigenvalue weighted by molar-refractivity contribution is 0.0935. The molecule has 0 radical (unpaired) electrons. The van der Waals surface area contributed by atoms with Crippen molar-refractivity contribution < 1.29 is 4.79 Å². The van der Waals surface area contributed by atoms with Gasteiger partial charge in [-0.3, -0.25) is 4.79 Å². The molecule has 1 unspecified atom stereocenters. The molecule has 0 spiro atoms. The molecule has 5 nitrogen and oxygen atoms in total. The van der Waals surface area contributed by atoms with Gasteiger partial charge in [-0.15, -0.1) is 0 Å². The summed E-state index contributed by atoms with van der Waals surface area (Å²) in [6.45, 7) is 0. The van der Waals surface area contributed by atoms with Crippen LogP contribution in [0, 0.1) is 0 Å². The molecule has 4 N–H and O–H groups in total. The Morgan fingerprint density at radius 2 is 1.94 bits per heavy atom. The summed E-state index contributed by atoms with van der Waals surface area (Å²) >= 11 is 0. The van der Waals surface area contributed by atoms with Gasteiger partial charge in [0.2, 0.25) is 0 Å². The Morgan fingerprint density at radius 3 is 2.72 bits per heavy atom. The fourth-order valence-corrected chi connectivity index (χ4v) is 1.96. The molecule has 1 aliphatic rings. The van der Waals surface area contributed by atoms with Crippen LogP contribution in [0.2, 0.25) is 0 Å². The Hall–Kier alpha value is -2.56. The van der Waals surface area contributed by atoms with Crippen LogP contribution >= 0.6 is 0 Å². The Balaban J connectivity index is 1.97. The summed E-state index contributed by atoms with van der Waals surface area (Å²) in [7, 11) is 0. The molecule has 0 saturated carbocycles. The second-order valence-electron chi connectivity index (χ2n) is 4.13. The molecule has 18 heavy (non-hydrogen) atoms. The van der Waals surface area contributed by atoms with Gasteiger partial charge in [-0.2, -0.15) is 0 Å². The standard InChI is InChI=1S/C13H12N4O/c14-9-6-10-12(15-7-9)16-11(17-13(10)18)8-4-2-1-3-5-8/h1-7,11H,14H2,(H,15,16)(H,17,18). The van der Waals surface area contributed by atoms with Gasteiger partial charge >= 0.3 is 0 Å². The van der Waals surface area contributed by atoms with Crippen molar-refractivity contribution in [1.82, 2.24) is 10.3 Å². The average molecular weight is 240 g/mol. The second-order valence-corrected chi connectivity index (χ2v) is 4.13. The van der Waals surface area contributed by atoms with Gasteiger partial charge in [0.05, 0.1) is 17.4 Å². The molecular weight excluding hydrogens is 228 g/mol. The topological polar surface area (TPSA) is 80.0 Å². The smallest absolute Gasteiger partial charge is 0.256 e. The van der Waals surface area contributed by atoms with Gasteiger partial charge in [0, 0.05) is 0 Å². The predicted molar refractivity (Wildman–Crippen MR) is 68.9 cm³/mol. The van der Waals surface area contributed by atoms with E-state index in [0.717, 1.165) is 5.56 Å². The number of fused-ring (bicyclic) bond motifs is 1. The molecule has 1 atom stereocenters. The number of nitrogens with zero attached hydrogens (tertiary/aromatic N) is 1. The van der Waals surface area contributed by atoms with Gasteiger partial charge in [-0.1, -0.05) is 30.3 Å². The number of aromatic nitrogens is 1. The van der Waals surface area contributed by atoms with Gasteiger partial charge in [0.15, 0.2) is 0 Å². The molecule has 1 aromatic heterocycles. The molecule has 0 aliphatic carbocycles. The normalized spacial score (nSPS) is 17.6. The molecule has 3 rings (SSSR count). The number of nitrogens with two attached hydrogens (primary N) is 1. The molecule has 90 valence electrons. The number of anilines is 2. The van der Waals surface area contributed by atoms with Gasteiger partial charge < -0.3 is 16.4 Å². The summed E-state index contributed by atoms with van der Waals surface area (Å²) in [4.78, 5) is 16.1. The zero-order valence-electron chi connectivity index (χ0n) is 9.55. The molecule has 1 amide bonds. The number of hydrogen-bond donors (Lipinski definition) is 3. The van der Waals surface area contributed by atoms with Crippen molar-refractivity contribution in [2.45, 2.75) is 6.17 Å². The zero-order valence-corrected chi connectivity index (χ0v) is 9.55. The molecule has 0 fully saturated rings. The Labute approximate surface area is 104 Å². The van der Waals surface area contributed by atoms with E-state index in [1.165, 1.54) is 6.20 Å². The minimum absolute atomic E-state index is 0.169. The van der Waals surface area contributed by atoms with Crippen LogP contribution in [-0.4, -0.2) is 10.9 Å². The van der Waals surface area contributed by atoms with E-state index >= 15 is 0 Å². The number of rotatable bonds is 1. The molecule has 1 aliphatic heterocycles. The average Bonchev–Trinajstić information content (AvgIpc) is 2.40. The van der Waals surface area contributed by atoms with Crippen LogP contribution in [0.4, 0.5) is 11.5 Å². The summed E-state index contributed by atoms with van der Waals surface area (Å²) in [5.41, 5.74) is 7.55. The van der Waals surface area contributed by atoms with Gasteiger partial charge in [0.25, 0.3) is 5.91 Å². The number of nitrogen functional groups attached to an aromatic ring is 1. The number of pyridine rings is 1. The van der Waals surface area contributed by atoms with Gasteiger partial charge in [-0.25, -0.2) is 4.98 Å². The Morgan fingerprint density at radius 1 is 1.17 bits per heavy atom. The fourth-order valence-electron chi connectivity index (χ4n) is 1.96. The van der Waals surface area contributed by atoms with E-state index in [-0.39, 0.29) is 12.1 Å². The van der Waals surface area contributed by atoms with Crippen LogP contribution in [-0.2, 0) is 0 Å². The molecule has 0 bridgehead atoms. The highest BCUT2D eigenvalue weighted by Crippen LogP contribution is 2.25. The van der Waals surface area contributed by atoms with Crippen molar-refractivity contribution >= 4 is 17.4 Å². The first kappa shape index (κ1) is 10.6. The van der Waals surface area contributed by atoms with Crippen molar-refractivity contribution in [2.75, 3.05) is 11.1 Å². The van der Waals surface area contributed by atoms with E-state index in [4.69, 9.17) is 5.73 Å². The quantitative estimate of drug-likeness (QED) is 0.706. The van der Waals surface area contributed by atoms with E-state index in [1.807, 2.05) is 30.3 Å². The minimum atomic E-state index is -0.262. The Kier molecular flexibility index (Phi) is 2.37. The van der Waals surface area contributed by atoms with Crippen LogP contribution in [0.15, 0.2) is 42.6 Å². The van der Waals surface area contributed by atoms with Crippen LogP contribution in [0.5, 0.6) is 0 Å². The summed E-state index contributed by atoms with van der Waals surface area (Å²) in [5.74, 6) is 0.388. The highest BCUT2D eigenvalue weighted by Gasteiger charge is 2.25. The summed E-state index contributed by atoms with van der Waals surface area (Å²) in [5, 5.41) is 6.04. The number of amides is 1. The summed E-state index contributed by atoms with van der Waals surface area (Å²) in [6.07, 6.45) is 1.27. The zero-order chi connectivity index (χ0) is 12.5. The predicted octanol–water partition coefficient (Wildman–Crippen LogP) is 1.52. The fraction of sp³-hybridized carbons (Fsp3) is 0.0769. The number of carbonyl (C=O) groups is 1. The van der Waals surface area contributed by atoms with E-state index < -0.39 is 0 Å². The maximum absolute atomic E-state index is 12.0. The molecule has 5 heteroatoms. The maximum Gasteiger partial charge on any atom is 0.256 e. The Bertz CT molecular complexity index is 597. The van der Waals surface area contributed by atoms with E-state index in [2.05, 4.69) is 15.6 Å². The lowest BCUT2D eigenvalue weighted by Crippen LogP contribution is -2.38. The van der Waals surface area contributed by atoms with E-state index in [0.29, 0.717) is 17.1 Å². The van der Waals surface area contributed by atoms with Crippen molar-refractivity contribution in [2.24, 2.45) is 0 Å². The number of hydrogen-bond acceptors (Lipinski definition) is 4. The number of carbonyl (C=O) groups excluding carboxylic acids is 1. The number of nitrogens with one attached hydrogen (secondary N) is 2. The highest BCUT2D eigenvalue weighted by molar-refractivity contribution is 6.01. The molecule has 2 aromatic rings. The maximum atomic E-state index is 12.0. The van der Waals surface area contributed by atoms with Crippen LogP contribution < -0.4 is 16.4 Å². The summed E-state index contributed by atoms with van der Waals surface area (Å²) < 4.78 is 0. The third kappa shape index (κ3) is 1.75. The third-order valence-electron chi connectivity index (χ3n) is 2.84. The van der Waals surface area contributed by atoms with E-state index in [1.54, 1.807) is 6.07 Å². The van der Waals surface area contributed by atoms with Crippen LogP contribution in [0.25, 0.3) is 0 Å². The molecule has 0 saturated heterocycles. The van der Waals surface area contributed by atoms with Crippen molar-refractivity contribution in [3.8, 4) is 0 Å². The molecular formula is C13H12N4O. The van der Waals surface area contributed by atoms with Gasteiger partial charge in [-0.05, 0) is 11.6 Å². The summed E-state index contributed by atoms with van der Waals surface area (Å²) in [6, 6.07) is 11.3. The third-order valence-corrected chi connectivity index (χ3v) is 2.84. The lowest BCUT2D eigenvalue weighted by Gasteiger charge is -2.27. The van der Waals surface area contributed by atoms with Crippen LogP contribution in [0.3, 0.4) is 0 Å². The number of benzene rings is 1.